The molecule has 8 heteroatoms. The average Bonchev–Trinajstić information content (AvgIpc) is 2.65. The highest BCUT2D eigenvalue weighted by molar-refractivity contribution is 7.89. The van der Waals surface area contributed by atoms with Crippen molar-refractivity contribution in [2.24, 2.45) is 0 Å². The molecular weight excluding hydrogens is 381 g/mol. The van der Waals surface area contributed by atoms with Crippen molar-refractivity contribution < 1.29 is 17.6 Å². The van der Waals surface area contributed by atoms with Gasteiger partial charge in [0.05, 0.1) is 6.54 Å². The highest BCUT2D eigenvalue weighted by Crippen LogP contribution is 2.20. The smallest absolute Gasteiger partial charge is 0.246 e. The van der Waals surface area contributed by atoms with Crippen molar-refractivity contribution in [2.75, 3.05) is 38.0 Å². The van der Waals surface area contributed by atoms with Crippen molar-refractivity contribution in [3.8, 4) is 0 Å². The predicted octanol–water partition coefficient (Wildman–Crippen LogP) is 2.39. The lowest BCUT2D eigenvalue weighted by atomic mass is 10.1. The van der Waals surface area contributed by atoms with E-state index in [0.29, 0.717) is 13.1 Å². The number of halogens is 1. The first-order valence-electron chi connectivity index (χ1n) is 9.11. The number of amides is 1. The summed E-state index contributed by atoms with van der Waals surface area (Å²) in [5.74, 6) is -0.892. The maximum Gasteiger partial charge on any atom is 0.246 e. The van der Waals surface area contributed by atoms with Crippen LogP contribution in [0.4, 0.5) is 10.1 Å². The molecule has 0 bridgehead atoms. The first-order valence-corrected chi connectivity index (χ1v) is 10.6. The van der Waals surface area contributed by atoms with Crippen molar-refractivity contribution in [3.05, 3.63) is 59.4 Å². The number of anilines is 1. The van der Waals surface area contributed by atoms with Crippen LogP contribution in [-0.2, 0) is 14.8 Å². The zero-order chi connectivity index (χ0) is 20.3. The molecule has 2 aromatic rings. The molecule has 1 fully saturated rings. The Hall–Kier alpha value is -2.29. The molecule has 6 nitrogen and oxygen atoms in total. The topological polar surface area (TPSA) is 69.7 Å². The van der Waals surface area contributed by atoms with Gasteiger partial charge >= 0.3 is 0 Å². The summed E-state index contributed by atoms with van der Waals surface area (Å²) < 4.78 is 40.4. The summed E-state index contributed by atoms with van der Waals surface area (Å²) in [6.45, 7) is 5.33. The van der Waals surface area contributed by atoms with Crippen molar-refractivity contribution in [1.29, 1.82) is 0 Å². The summed E-state index contributed by atoms with van der Waals surface area (Å²) in [4.78, 5) is 13.9. The molecule has 0 radical (unpaired) electrons. The second kappa shape index (κ2) is 8.38. The number of nitrogens with one attached hydrogen (secondary N) is 1. The maximum atomic E-state index is 13.9. The lowest BCUT2D eigenvalue weighted by molar-refractivity contribution is -0.117. The third-order valence-electron chi connectivity index (χ3n) is 4.82. The molecule has 0 atom stereocenters. The quantitative estimate of drug-likeness (QED) is 0.829. The second-order valence-corrected chi connectivity index (χ2v) is 8.88. The lowest BCUT2D eigenvalue weighted by Crippen LogP contribution is -2.50. The van der Waals surface area contributed by atoms with Crippen LogP contribution in [0.25, 0.3) is 0 Å². The molecule has 1 saturated heterocycles. The molecule has 1 amide bonds. The van der Waals surface area contributed by atoms with E-state index in [2.05, 4.69) is 5.32 Å². The molecule has 2 aromatic carbocycles. The van der Waals surface area contributed by atoms with Gasteiger partial charge in [0.2, 0.25) is 15.9 Å². The van der Waals surface area contributed by atoms with Crippen LogP contribution < -0.4 is 5.32 Å². The summed E-state index contributed by atoms with van der Waals surface area (Å²) in [5, 5.41) is 2.91. The summed E-state index contributed by atoms with van der Waals surface area (Å²) in [6, 6.07) is 11.2. The first-order chi connectivity index (χ1) is 13.3. The largest absolute Gasteiger partial charge is 0.325 e. The van der Waals surface area contributed by atoms with Gasteiger partial charge in [-0.25, -0.2) is 12.8 Å². The Morgan fingerprint density at radius 1 is 1.07 bits per heavy atom. The average molecular weight is 405 g/mol. The van der Waals surface area contributed by atoms with Crippen molar-refractivity contribution in [2.45, 2.75) is 18.7 Å². The molecule has 3 rings (SSSR count). The number of nitrogens with zero attached hydrogens (tertiary/aromatic N) is 2. The van der Waals surface area contributed by atoms with Crippen LogP contribution in [0.15, 0.2) is 47.4 Å². The van der Waals surface area contributed by atoms with Crippen LogP contribution in [-0.4, -0.2) is 56.3 Å². The van der Waals surface area contributed by atoms with Gasteiger partial charge in [-0.2, -0.15) is 4.31 Å². The number of sulfonamides is 1. The van der Waals surface area contributed by atoms with Gasteiger partial charge in [-0.1, -0.05) is 24.3 Å². The Morgan fingerprint density at radius 2 is 1.75 bits per heavy atom. The van der Waals surface area contributed by atoms with E-state index >= 15 is 0 Å². The van der Waals surface area contributed by atoms with E-state index in [4.69, 9.17) is 0 Å². The molecule has 0 unspecified atom stereocenters. The molecule has 1 N–H and O–H groups in total. The van der Waals surface area contributed by atoms with Crippen molar-refractivity contribution >= 4 is 21.6 Å². The first kappa shape index (κ1) is 20.4. The predicted molar refractivity (Wildman–Crippen MR) is 106 cm³/mol. The SMILES string of the molecule is Cc1ccc(C)c(NC(=O)CN2CCN(S(=O)(=O)c3ccccc3F)CC2)c1. The Morgan fingerprint density at radius 3 is 2.43 bits per heavy atom. The van der Waals surface area contributed by atoms with Crippen LogP contribution in [0.3, 0.4) is 0 Å². The van der Waals surface area contributed by atoms with Gasteiger partial charge in [-0.3, -0.25) is 9.69 Å². The minimum Gasteiger partial charge on any atom is -0.325 e. The normalized spacial score (nSPS) is 16.1. The van der Waals surface area contributed by atoms with E-state index in [0.717, 1.165) is 22.9 Å². The zero-order valence-corrected chi connectivity index (χ0v) is 16.8. The van der Waals surface area contributed by atoms with Crippen LogP contribution in [0.1, 0.15) is 11.1 Å². The van der Waals surface area contributed by atoms with Crippen LogP contribution in [0.2, 0.25) is 0 Å². The monoisotopic (exact) mass is 405 g/mol. The summed E-state index contributed by atoms with van der Waals surface area (Å²) in [6.07, 6.45) is 0. The number of benzene rings is 2. The Kier molecular flexibility index (Phi) is 6.12. The van der Waals surface area contributed by atoms with E-state index in [9.17, 15) is 17.6 Å². The van der Waals surface area contributed by atoms with Crippen molar-refractivity contribution in [3.63, 3.8) is 0 Å². The molecular formula is C20H24FN3O3S. The van der Waals surface area contributed by atoms with Gasteiger partial charge < -0.3 is 5.32 Å². The fourth-order valence-electron chi connectivity index (χ4n) is 3.18. The van der Waals surface area contributed by atoms with Crippen LogP contribution in [0, 0.1) is 19.7 Å². The number of hydrogen-bond donors (Lipinski definition) is 1. The maximum absolute atomic E-state index is 13.9. The number of carbonyl (C=O) groups excluding carboxylic acids is 1. The third-order valence-corrected chi connectivity index (χ3v) is 6.75. The van der Waals surface area contributed by atoms with E-state index in [1.165, 1.54) is 22.5 Å². The van der Waals surface area contributed by atoms with Crippen LogP contribution >= 0.6 is 0 Å². The van der Waals surface area contributed by atoms with E-state index in [1.807, 2.05) is 36.9 Å². The standard InChI is InChI=1S/C20H24FN3O3S/c1-15-7-8-16(2)18(13-15)22-20(25)14-23-9-11-24(12-10-23)28(26,27)19-6-4-3-5-17(19)21/h3-8,13H,9-12,14H2,1-2H3,(H,22,25). The molecule has 0 spiro atoms. The van der Waals surface area contributed by atoms with Gasteiger partial charge in [-0.05, 0) is 43.2 Å². The summed E-state index contributed by atoms with van der Waals surface area (Å²) in [7, 11) is -3.87. The number of rotatable bonds is 5. The molecule has 0 saturated carbocycles. The van der Waals surface area contributed by atoms with Crippen molar-refractivity contribution in [1.82, 2.24) is 9.21 Å². The molecule has 1 aliphatic heterocycles. The molecule has 1 heterocycles. The van der Waals surface area contributed by atoms with E-state index in [-0.39, 0.29) is 30.4 Å². The summed E-state index contributed by atoms with van der Waals surface area (Å²) in [5.41, 5.74) is 2.83. The van der Waals surface area contributed by atoms with Gasteiger partial charge in [0, 0.05) is 31.9 Å². The second-order valence-electron chi connectivity index (χ2n) is 6.98. The zero-order valence-electron chi connectivity index (χ0n) is 16.0. The molecule has 0 aliphatic carbocycles. The summed E-state index contributed by atoms with van der Waals surface area (Å²) >= 11 is 0. The number of aryl methyl sites for hydroxylation is 2. The van der Waals surface area contributed by atoms with Gasteiger partial charge in [0.1, 0.15) is 10.7 Å². The Balaban J connectivity index is 1.57. The van der Waals surface area contributed by atoms with Gasteiger partial charge in [0.25, 0.3) is 0 Å². The van der Waals surface area contributed by atoms with E-state index < -0.39 is 15.8 Å². The Bertz CT molecular complexity index is 970. The Labute approximate surface area is 165 Å². The highest BCUT2D eigenvalue weighted by Gasteiger charge is 2.30. The molecule has 28 heavy (non-hydrogen) atoms. The van der Waals surface area contributed by atoms with Gasteiger partial charge in [0.15, 0.2) is 0 Å². The third kappa shape index (κ3) is 4.57. The van der Waals surface area contributed by atoms with E-state index in [1.54, 1.807) is 0 Å². The molecule has 150 valence electrons. The fourth-order valence-corrected chi connectivity index (χ4v) is 4.67. The minimum absolute atomic E-state index is 0.140. The fraction of sp³-hybridized carbons (Fsp3) is 0.350. The lowest BCUT2D eigenvalue weighted by Gasteiger charge is -2.33. The number of carbonyl (C=O) groups is 1. The highest BCUT2D eigenvalue weighted by atomic mass is 32.2. The minimum atomic E-state index is -3.87. The number of hydrogen-bond acceptors (Lipinski definition) is 4. The number of piperazine rings is 1. The molecule has 1 aliphatic rings. The molecule has 0 aromatic heterocycles. The van der Waals surface area contributed by atoms with Crippen LogP contribution in [0.5, 0.6) is 0 Å². The van der Waals surface area contributed by atoms with Gasteiger partial charge in [-0.15, -0.1) is 0 Å².